The first-order chi connectivity index (χ1) is 26.7. The zero-order valence-corrected chi connectivity index (χ0v) is 41.6. The van der Waals surface area contributed by atoms with E-state index < -0.39 is 0 Å². The first kappa shape index (κ1) is 64.9. The summed E-state index contributed by atoms with van der Waals surface area (Å²) in [6, 6.07) is 0. The maximum Gasteiger partial charge on any atom is 2.00 e. The van der Waals surface area contributed by atoms with Gasteiger partial charge in [0.2, 0.25) is 0 Å². The van der Waals surface area contributed by atoms with Crippen LogP contribution in [0.4, 0.5) is 0 Å². The molecule has 0 bridgehead atoms. The van der Waals surface area contributed by atoms with Crippen LogP contribution in [0, 0.1) is 127 Å². The molecule has 0 unspecified atom stereocenters. The summed E-state index contributed by atoms with van der Waals surface area (Å²) in [4.78, 5) is 9.24. The van der Waals surface area contributed by atoms with Crippen molar-refractivity contribution in [3.8, 4) is 0 Å². The minimum atomic E-state index is 0. The van der Waals surface area contributed by atoms with Gasteiger partial charge in [-0.05, 0) is 102 Å². The molecule has 0 aliphatic heterocycles. The molecule has 4 aliphatic carbocycles. The molecule has 0 aromatic heterocycles. The molecular formula is C48H72Cl2Fe2N2Pd2+4. The summed E-state index contributed by atoms with van der Waals surface area (Å²) in [5, 5.41) is 0. The van der Waals surface area contributed by atoms with Gasteiger partial charge in [0.05, 0.1) is 0 Å². The van der Waals surface area contributed by atoms with Gasteiger partial charge in [-0.1, -0.05) is 155 Å². The Hall–Kier alpha value is 2.28. The van der Waals surface area contributed by atoms with Gasteiger partial charge in [-0.25, -0.2) is 12.8 Å². The molecule has 0 atom stereocenters. The van der Waals surface area contributed by atoms with Crippen molar-refractivity contribution in [3.05, 3.63) is 127 Å². The third kappa shape index (κ3) is 47.3. The third-order valence-electron chi connectivity index (χ3n) is 8.81. The molecule has 0 amide bonds. The van der Waals surface area contributed by atoms with Gasteiger partial charge < -0.3 is 12.8 Å². The molecule has 4 fully saturated rings. The quantitative estimate of drug-likeness (QED) is 0.0398. The van der Waals surface area contributed by atoms with Crippen molar-refractivity contribution in [1.82, 2.24) is 0 Å². The maximum absolute atomic E-state index is 4.62. The van der Waals surface area contributed by atoms with Crippen LogP contribution in [-0.2, 0) is 70.5 Å². The van der Waals surface area contributed by atoms with Crippen LogP contribution < -0.4 is 0 Å². The largest absolute Gasteiger partial charge is 2.00 e. The summed E-state index contributed by atoms with van der Waals surface area (Å²) in [5.41, 5.74) is 2.26. The zero-order valence-electron chi connectivity index (χ0n) is 34.8. The van der Waals surface area contributed by atoms with E-state index in [1.807, 2.05) is 89.9 Å². The number of halogens is 2. The predicted octanol–water partition coefficient (Wildman–Crippen LogP) is 14.7. The van der Waals surface area contributed by atoms with Crippen molar-refractivity contribution < 1.29 is 70.5 Å². The number of nitrogens with zero attached hydrogens (tertiary/aromatic N) is 2. The molecule has 0 saturated heterocycles. The van der Waals surface area contributed by atoms with Gasteiger partial charge in [-0.3, -0.25) is 9.98 Å². The van der Waals surface area contributed by atoms with E-state index >= 15 is 0 Å². The van der Waals surface area contributed by atoms with Gasteiger partial charge in [0.1, 0.15) is 0 Å². The van der Waals surface area contributed by atoms with Gasteiger partial charge in [0.25, 0.3) is 0 Å². The van der Waals surface area contributed by atoms with E-state index in [0.29, 0.717) is 0 Å². The molecule has 4 rings (SSSR count). The normalized spacial score (nSPS) is 16.7. The fraction of sp³-hybridized carbons (Fsp3) is 0.542. The second-order valence-corrected chi connectivity index (χ2v) is 13.4. The Balaban J connectivity index is -0.000000349. The second-order valence-electron chi connectivity index (χ2n) is 13.4. The summed E-state index contributed by atoms with van der Waals surface area (Å²) < 4.78 is 0. The van der Waals surface area contributed by atoms with Crippen molar-refractivity contribution in [2.45, 2.75) is 156 Å². The number of hydrogen-bond acceptors (Lipinski definition) is 2. The maximum atomic E-state index is 4.62. The molecule has 4 saturated carbocycles. The Morgan fingerprint density at radius 1 is 0.411 bits per heavy atom. The van der Waals surface area contributed by atoms with E-state index in [4.69, 9.17) is 0 Å². The van der Waals surface area contributed by atoms with Crippen LogP contribution in [0.2, 0.25) is 0 Å². The summed E-state index contributed by atoms with van der Waals surface area (Å²) in [6.45, 7) is 10.7. The second kappa shape index (κ2) is 57.3. The minimum absolute atomic E-state index is 0. The van der Waals surface area contributed by atoms with Crippen LogP contribution >= 0.6 is 19.1 Å². The summed E-state index contributed by atoms with van der Waals surface area (Å²) in [7, 11) is 8.98. The van der Waals surface area contributed by atoms with Gasteiger partial charge >= 0.3 is 89.6 Å². The van der Waals surface area contributed by atoms with E-state index in [0.717, 1.165) is 36.3 Å². The molecule has 0 heterocycles. The summed E-state index contributed by atoms with van der Waals surface area (Å²) in [6.07, 6.45) is 66.2. The first-order valence-corrected chi connectivity index (χ1v) is 24.6. The zero-order chi connectivity index (χ0) is 40.0. The Kier molecular flexibility index (Phi) is 66.4. The summed E-state index contributed by atoms with van der Waals surface area (Å²) >= 11 is 4.44. The number of aliphatic imine (C=N–C) groups is 2. The fourth-order valence-corrected chi connectivity index (χ4v) is 5.61. The Morgan fingerprint density at radius 2 is 0.643 bits per heavy atom. The molecule has 0 aromatic rings. The molecule has 320 valence electrons. The Morgan fingerprint density at radius 3 is 0.857 bits per heavy atom. The van der Waals surface area contributed by atoms with Gasteiger partial charge in [0.15, 0.2) is 0 Å². The minimum Gasteiger partial charge on any atom is 2.00 e. The monoisotopic (exact) mass is 1070 g/mol. The molecule has 0 spiro atoms. The van der Waals surface area contributed by atoms with E-state index in [1.54, 1.807) is 0 Å². The van der Waals surface area contributed by atoms with E-state index in [2.05, 4.69) is 119 Å². The van der Waals surface area contributed by atoms with Crippen LogP contribution in [0.15, 0.2) is 9.98 Å². The topological polar surface area (TPSA) is 24.7 Å². The van der Waals surface area contributed by atoms with Crippen LogP contribution in [-0.4, -0.2) is 24.5 Å². The molecule has 56 heavy (non-hydrogen) atoms. The van der Waals surface area contributed by atoms with Crippen molar-refractivity contribution in [3.63, 3.8) is 0 Å². The average molecular weight is 1070 g/mol. The SMILES string of the molecule is CCCCCCCCCCCCN=C(C)[C]1[C-][CH][CH][CH]1.CCCCCCCCCCCCN=C(C)[C]1[C-][CH][CH][CH]1.[CH]1[CH][CH][CH][CH]1.[CH]1[CH][CH][CH][CH]1.[Cl][Pd+].[Cl][Pd+].[Fe+2].[Fe+2]. The molecule has 4 aliphatic rings. The van der Waals surface area contributed by atoms with Crippen LogP contribution in [0.1, 0.15) is 156 Å². The molecule has 0 N–H and O–H groups in total. The van der Waals surface area contributed by atoms with Gasteiger partial charge in [-0.2, -0.15) is 11.8 Å². The third-order valence-corrected chi connectivity index (χ3v) is 8.81. The molecule has 8 heteroatoms. The number of unbranched alkanes of at least 4 members (excludes halogenated alkanes) is 18. The first-order valence-electron chi connectivity index (χ1n) is 20.6. The van der Waals surface area contributed by atoms with E-state index in [1.165, 1.54) is 128 Å². The molecular weight excluding hydrogens is 1000 g/mol. The van der Waals surface area contributed by atoms with Crippen LogP contribution in [0.25, 0.3) is 0 Å². The van der Waals surface area contributed by atoms with Gasteiger partial charge in [0, 0.05) is 13.1 Å². The van der Waals surface area contributed by atoms with Gasteiger partial charge in [-0.15, -0.1) is 0 Å². The standard InChI is InChI=1S/2C19H31N.2C5H5.2ClH.2Fe.2Pd/c2*1-3-4-5-6-7-8-9-10-11-14-17-20-18(2)19-15-12-13-16-19;2*1-2-4-5-3-1;;;;;;/h2*12-13,15H,3-11,14,17H2,1-2H3;2*1-5H;2*1H;;;;/q2*-1;;;;;4*+2/p-2. The number of hydrogen-bond donors (Lipinski definition) is 0. The fourth-order valence-electron chi connectivity index (χ4n) is 5.61. The van der Waals surface area contributed by atoms with Crippen molar-refractivity contribution >= 4 is 30.5 Å². The smallest absolute Gasteiger partial charge is 2.00 e. The number of rotatable bonds is 24. The average Bonchev–Trinajstić information content (AvgIpc) is 4.07. The Labute approximate surface area is 403 Å². The van der Waals surface area contributed by atoms with Crippen molar-refractivity contribution in [1.29, 1.82) is 0 Å². The Bertz CT molecular complexity index is 678. The molecule has 2 nitrogen and oxygen atoms in total. The summed E-state index contributed by atoms with van der Waals surface area (Å²) in [5.74, 6) is 2.30. The van der Waals surface area contributed by atoms with Crippen LogP contribution in [0.5, 0.6) is 0 Å². The van der Waals surface area contributed by atoms with Crippen molar-refractivity contribution in [2.24, 2.45) is 9.98 Å². The van der Waals surface area contributed by atoms with E-state index in [-0.39, 0.29) is 34.1 Å². The van der Waals surface area contributed by atoms with Crippen LogP contribution in [0.3, 0.4) is 0 Å². The predicted molar refractivity (Wildman–Crippen MR) is 233 cm³/mol. The van der Waals surface area contributed by atoms with Crippen molar-refractivity contribution in [2.75, 3.05) is 13.1 Å². The van der Waals surface area contributed by atoms with E-state index in [9.17, 15) is 0 Å². The molecule has 20 radical (unpaired) electrons. The molecule has 0 aromatic carbocycles.